The molecule has 3 aromatic rings. The maximum absolute atomic E-state index is 14.2. The lowest BCUT2D eigenvalue weighted by Gasteiger charge is -2.34. The Kier molecular flexibility index (Phi) is 10.8. The summed E-state index contributed by atoms with van der Waals surface area (Å²) < 4.78 is 32.1. The predicted molar refractivity (Wildman–Crippen MR) is 167 cm³/mol. The highest BCUT2D eigenvalue weighted by molar-refractivity contribution is 7.92. The third-order valence-corrected chi connectivity index (χ3v) is 9.25. The van der Waals surface area contributed by atoms with Crippen LogP contribution in [0.1, 0.15) is 36.8 Å². The van der Waals surface area contributed by atoms with Crippen LogP contribution >= 0.6 is 23.2 Å². The number of nitrogens with zero attached hydrogens (tertiary/aromatic N) is 2. The number of nitrogens with one attached hydrogen (secondary N) is 1. The molecule has 1 fully saturated rings. The molecular weight excluding hydrogens is 597 g/mol. The Morgan fingerprint density at radius 3 is 2.14 bits per heavy atom. The van der Waals surface area contributed by atoms with Crippen LogP contribution in [0.4, 0.5) is 5.69 Å². The van der Waals surface area contributed by atoms with Gasteiger partial charge in [0.15, 0.2) is 0 Å². The van der Waals surface area contributed by atoms with Gasteiger partial charge in [-0.05, 0) is 54.8 Å². The molecule has 0 aliphatic heterocycles. The first-order chi connectivity index (χ1) is 20.1. The normalized spacial score (nSPS) is 14.3. The van der Waals surface area contributed by atoms with E-state index in [1.165, 1.54) is 12.0 Å². The van der Waals surface area contributed by atoms with E-state index in [9.17, 15) is 18.0 Å². The monoisotopic (exact) mass is 631 g/mol. The number of carbonyl (C=O) groups excluding carboxylic acids is 2. The number of amides is 2. The van der Waals surface area contributed by atoms with E-state index in [2.05, 4.69) is 5.32 Å². The van der Waals surface area contributed by atoms with Gasteiger partial charge in [0.1, 0.15) is 18.3 Å². The van der Waals surface area contributed by atoms with Crippen molar-refractivity contribution in [3.05, 3.63) is 94.0 Å². The number of rotatable bonds is 12. The molecule has 0 saturated heterocycles. The van der Waals surface area contributed by atoms with Crippen LogP contribution in [-0.2, 0) is 32.6 Å². The smallest absolute Gasteiger partial charge is 0.244 e. The zero-order valence-corrected chi connectivity index (χ0v) is 26.0. The molecule has 1 N–H and O–H groups in total. The maximum Gasteiger partial charge on any atom is 0.244 e. The van der Waals surface area contributed by atoms with Crippen molar-refractivity contribution in [2.45, 2.75) is 50.7 Å². The van der Waals surface area contributed by atoms with Crippen molar-refractivity contribution in [2.24, 2.45) is 0 Å². The van der Waals surface area contributed by atoms with E-state index in [4.69, 9.17) is 27.9 Å². The molecule has 0 heterocycles. The third-order valence-electron chi connectivity index (χ3n) is 7.40. The summed E-state index contributed by atoms with van der Waals surface area (Å²) in [5.41, 5.74) is 1.61. The minimum atomic E-state index is -3.89. The van der Waals surface area contributed by atoms with Crippen LogP contribution in [0.5, 0.6) is 5.75 Å². The van der Waals surface area contributed by atoms with Gasteiger partial charge in [0.2, 0.25) is 21.8 Å². The molecule has 1 aliphatic rings. The van der Waals surface area contributed by atoms with Gasteiger partial charge in [-0.2, -0.15) is 0 Å². The Morgan fingerprint density at radius 2 is 1.57 bits per heavy atom. The van der Waals surface area contributed by atoms with Gasteiger partial charge >= 0.3 is 0 Å². The summed E-state index contributed by atoms with van der Waals surface area (Å²) in [4.78, 5) is 29.5. The average Bonchev–Trinajstić information content (AvgIpc) is 3.48. The summed E-state index contributed by atoms with van der Waals surface area (Å²) >= 11 is 13.0. The number of hydrogen-bond donors (Lipinski definition) is 1. The van der Waals surface area contributed by atoms with Crippen molar-refractivity contribution in [1.29, 1.82) is 0 Å². The van der Waals surface area contributed by atoms with E-state index in [1.54, 1.807) is 42.5 Å². The van der Waals surface area contributed by atoms with Crippen molar-refractivity contribution in [3.63, 3.8) is 0 Å². The van der Waals surface area contributed by atoms with E-state index < -0.39 is 28.5 Å². The highest BCUT2D eigenvalue weighted by Crippen LogP contribution is 2.29. The molecule has 0 bridgehead atoms. The van der Waals surface area contributed by atoms with E-state index in [-0.39, 0.29) is 30.6 Å². The summed E-state index contributed by atoms with van der Waals surface area (Å²) in [5, 5.41) is 3.81. The number of methoxy groups -OCH3 is 1. The molecule has 0 unspecified atom stereocenters. The summed E-state index contributed by atoms with van der Waals surface area (Å²) in [5.74, 6) is -0.340. The molecule has 2 amide bonds. The van der Waals surface area contributed by atoms with Crippen LogP contribution in [0.25, 0.3) is 0 Å². The largest absolute Gasteiger partial charge is 0.497 e. The number of sulfonamides is 1. The molecule has 1 saturated carbocycles. The number of anilines is 1. The van der Waals surface area contributed by atoms with E-state index in [0.29, 0.717) is 21.4 Å². The Bertz CT molecular complexity index is 1460. The lowest BCUT2D eigenvalue weighted by Crippen LogP contribution is -2.54. The number of benzene rings is 3. The second-order valence-corrected chi connectivity index (χ2v) is 13.1. The molecular formula is C31H35Cl2N3O5S. The minimum Gasteiger partial charge on any atom is -0.497 e. The second-order valence-electron chi connectivity index (χ2n) is 10.4. The van der Waals surface area contributed by atoms with E-state index in [1.807, 2.05) is 30.3 Å². The highest BCUT2D eigenvalue weighted by Gasteiger charge is 2.35. The van der Waals surface area contributed by atoms with Crippen molar-refractivity contribution >= 4 is 50.7 Å². The lowest BCUT2D eigenvalue weighted by molar-refractivity contribution is -0.140. The Labute approximate surface area is 257 Å². The molecule has 42 heavy (non-hydrogen) atoms. The van der Waals surface area contributed by atoms with Crippen LogP contribution in [0.3, 0.4) is 0 Å². The number of halogens is 2. The zero-order valence-electron chi connectivity index (χ0n) is 23.6. The van der Waals surface area contributed by atoms with Gasteiger partial charge in [0, 0.05) is 34.6 Å². The van der Waals surface area contributed by atoms with Gasteiger partial charge in [-0.15, -0.1) is 0 Å². The molecule has 1 atom stereocenters. The summed E-state index contributed by atoms with van der Waals surface area (Å²) in [6.07, 6.45) is 5.04. The first-order valence-corrected chi connectivity index (χ1v) is 16.4. The molecule has 224 valence electrons. The number of ether oxygens (including phenoxy) is 1. The van der Waals surface area contributed by atoms with Gasteiger partial charge in [0.25, 0.3) is 0 Å². The Hall–Kier alpha value is -3.27. The second kappa shape index (κ2) is 14.3. The molecule has 0 aromatic heterocycles. The maximum atomic E-state index is 14.2. The lowest BCUT2D eigenvalue weighted by atomic mass is 10.0. The molecule has 4 rings (SSSR count). The van der Waals surface area contributed by atoms with Gasteiger partial charge < -0.3 is 15.0 Å². The fourth-order valence-corrected chi connectivity index (χ4v) is 6.50. The van der Waals surface area contributed by atoms with E-state index >= 15 is 0 Å². The minimum absolute atomic E-state index is 0.0171. The topological polar surface area (TPSA) is 96.0 Å². The number of hydrogen-bond acceptors (Lipinski definition) is 5. The first-order valence-electron chi connectivity index (χ1n) is 13.7. The van der Waals surface area contributed by atoms with Crippen LogP contribution in [0.15, 0.2) is 72.8 Å². The predicted octanol–water partition coefficient (Wildman–Crippen LogP) is 5.47. The van der Waals surface area contributed by atoms with Crippen molar-refractivity contribution in [2.75, 3.05) is 24.2 Å². The SMILES string of the molecule is COc1ccc(N(CC(=O)N(Cc2c(Cl)cccc2Cl)[C@@H](Cc2ccccc2)C(=O)NC2CCCC2)S(C)(=O)=O)cc1. The molecule has 0 radical (unpaired) electrons. The summed E-state index contributed by atoms with van der Waals surface area (Å²) in [7, 11) is -2.38. The quantitative estimate of drug-likeness (QED) is 0.286. The van der Waals surface area contributed by atoms with Crippen molar-refractivity contribution in [3.8, 4) is 5.75 Å². The summed E-state index contributed by atoms with van der Waals surface area (Å²) in [6, 6.07) is 19.8. The first kappa shape index (κ1) is 31.7. The molecule has 0 spiro atoms. The zero-order chi connectivity index (χ0) is 30.3. The molecule has 3 aromatic carbocycles. The van der Waals surface area contributed by atoms with Gasteiger partial charge in [-0.1, -0.05) is 72.4 Å². The van der Waals surface area contributed by atoms with Crippen LogP contribution in [0, 0.1) is 0 Å². The van der Waals surface area contributed by atoms with Crippen LogP contribution in [0.2, 0.25) is 10.0 Å². The van der Waals surface area contributed by atoms with Gasteiger partial charge in [-0.25, -0.2) is 8.42 Å². The molecule has 11 heteroatoms. The average molecular weight is 633 g/mol. The van der Waals surface area contributed by atoms with Crippen molar-refractivity contribution < 1.29 is 22.7 Å². The van der Waals surface area contributed by atoms with E-state index in [0.717, 1.165) is 41.8 Å². The third kappa shape index (κ3) is 8.18. The molecule has 8 nitrogen and oxygen atoms in total. The van der Waals surface area contributed by atoms with Crippen molar-refractivity contribution in [1.82, 2.24) is 10.2 Å². The Balaban J connectivity index is 1.75. The van der Waals surface area contributed by atoms with Gasteiger partial charge in [0.05, 0.1) is 19.1 Å². The standard InChI is InChI=1S/C31H35Cl2N3O5S/c1-41-25-17-15-24(16-18-25)36(42(2,39)40)21-30(37)35(20-26-27(32)13-8-14-28(26)33)29(19-22-9-4-3-5-10-22)31(38)34-23-11-6-7-12-23/h3-5,8-10,13-18,23,29H,6-7,11-12,19-21H2,1-2H3,(H,34,38)/t29-/m0/s1. The Morgan fingerprint density at radius 1 is 0.952 bits per heavy atom. The molecule has 1 aliphatic carbocycles. The highest BCUT2D eigenvalue weighted by atomic mass is 35.5. The number of carbonyl (C=O) groups is 2. The summed E-state index contributed by atoms with van der Waals surface area (Å²) in [6.45, 7) is -0.623. The van der Waals surface area contributed by atoms with Crippen LogP contribution < -0.4 is 14.4 Å². The van der Waals surface area contributed by atoms with Crippen LogP contribution in [-0.4, -0.2) is 57.1 Å². The fourth-order valence-electron chi connectivity index (χ4n) is 5.14. The fraction of sp³-hybridized carbons (Fsp3) is 0.355. The van der Waals surface area contributed by atoms with Gasteiger partial charge in [-0.3, -0.25) is 13.9 Å².